The SMILES string of the molecule is O=[C]OCc1cccc([N+](=O)[O-])c1. The van der Waals surface area contributed by atoms with Gasteiger partial charge in [-0.1, -0.05) is 12.1 Å². The summed E-state index contributed by atoms with van der Waals surface area (Å²) in [5.41, 5.74) is 0.546. The van der Waals surface area contributed by atoms with Crippen molar-refractivity contribution in [3.63, 3.8) is 0 Å². The molecule has 67 valence electrons. The van der Waals surface area contributed by atoms with Crippen molar-refractivity contribution in [2.75, 3.05) is 0 Å². The molecular weight excluding hydrogens is 174 g/mol. The molecule has 0 aliphatic heterocycles. The molecule has 1 aromatic rings. The molecule has 0 unspecified atom stereocenters. The van der Waals surface area contributed by atoms with E-state index in [1.54, 1.807) is 6.07 Å². The van der Waals surface area contributed by atoms with Gasteiger partial charge in [-0.2, -0.15) is 0 Å². The third-order valence-corrected chi connectivity index (χ3v) is 1.42. The largest absolute Gasteiger partial charge is 0.452 e. The molecule has 0 fully saturated rings. The number of ether oxygens (including phenoxy) is 1. The monoisotopic (exact) mass is 180 g/mol. The van der Waals surface area contributed by atoms with Crippen LogP contribution in [0.25, 0.3) is 0 Å². The van der Waals surface area contributed by atoms with Gasteiger partial charge in [0.25, 0.3) is 5.69 Å². The number of rotatable bonds is 4. The predicted molar refractivity (Wildman–Crippen MR) is 43.6 cm³/mol. The topological polar surface area (TPSA) is 69.4 Å². The van der Waals surface area contributed by atoms with Crippen molar-refractivity contribution in [2.24, 2.45) is 0 Å². The summed E-state index contributed by atoms with van der Waals surface area (Å²) in [5.74, 6) is 0. The van der Waals surface area contributed by atoms with Gasteiger partial charge in [-0.3, -0.25) is 10.1 Å². The molecule has 1 aromatic carbocycles. The molecule has 0 heterocycles. The van der Waals surface area contributed by atoms with Gasteiger partial charge in [0, 0.05) is 12.1 Å². The maximum absolute atomic E-state index is 10.3. The molecule has 0 amide bonds. The maximum atomic E-state index is 10.3. The normalized spacial score (nSPS) is 9.23. The van der Waals surface area contributed by atoms with Gasteiger partial charge in [-0.05, 0) is 5.56 Å². The molecule has 1 radical (unpaired) electrons. The highest BCUT2D eigenvalue weighted by atomic mass is 16.6. The second-order valence-electron chi connectivity index (χ2n) is 2.30. The summed E-state index contributed by atoms with van der Waals surface area (Å²) in [5, 5.41) is 10.3. The summed E-state index contributed by atoms with van der Waals surface area (Å²) in [6.45, 7) is 1.25. The molecule has 0 aliphatic rings. The Morgan fingerprint density at radius 2 is 2.31 bits per heavy atom. The van der Waals surface area contributed by atoms with E-state index in [9.17, 15) is 14.9 Å². The second-order valence-corrected chi connectivity index (χ2v) is 2.30. The Morgan fingerprint density at radius 1 is 1.54 bits per heavy atom. The Balaban J connectivity index is 2.79. The third-order valence-electron chi connectivity index (χ3n) is 1.42. The van der Waals surface area contributed by atoms with Gasteiger partial charge >= 0.3 is 6.47 Å². The molecule has 1 rings (SSSR count). The minimum absolute atomic E-state index is 0.00514. The van der Waals surface area contributed by atoms with Gasteiger partial charge in [0.1, 0.15) is 6.61 Å². The first kappa shape index (κ1) is 9.18. The molecule has 5 heteroatoms. The zero-order valence-electron chi connectivity index (χ0n) is 6.60. The number of nitrogens with zero attached hydrogens (tertiary/aromatic N) is 1. The Hall–Kier alpha value is -1.91. The molecule has 0 spiro atoms. The van der Waals surface area contributed by atoms with E-state index < -0.39 is 4.92 Å². The first-order chi connectivity index (χ1) is 6.24. The van der Waals surface area contributed by atoms with Gasteiger partial charge in [0.05, 0.1) is 4.92 Å². The molecular formula is C8H6NO4. The molecule has 0 bridgehead atoms. The maximum Gasteiger partial charge on any atom is 0.417 e. The van der Waals surface area contributed by atoms with E-state index >= 15 is 0 Å². The fourth-order valence-electron chi connectivity index (χ4n) is 0.873. The van der Waals surface area contributed by atoms with Crippen molar-refractivity contribution < 1.29 is 14.5 Å². The summed E-state index contributed by atoms with van der Waals surface area (Å²) in [6.07, 6.45) is 0. The van der Waals surface area contributed by atoms with Crippen molar-refractivity contribution in [2.45, 2.75) is 6.61 Å². The number of non-ortho nitro benzene ring substituents is 1. The van der Waals surface area contributed by atoms with Crippen LogP contribution in [-0.4, -0.2) is 11.4 Å². The molecule has 0 aliphatic carbocycles. The first-order valence-corrected chi connectivity index (χ1v) is 3.46. The van der Waals surface area contributed by atoms with E-state index in [1.807, 2.05) is 0 Å². The highest BCUT2D eigenvalue weighted by Crippen LogP contribution is 2.13. The van der Waals surface area contributed by atoms with Crippen molar-refractivity contribution in [1.82, 2.24) is 0 Å². The van der Waals surface area contributed by atoms with E-state index in [2.05, 4.69) is 4.74 Å². The van der Waals surface area contributed by atoms with E-state index in [4.69, 9.17) is 0 Å². The van der Waals surface area contributed by atoms with Gasteiger partial charge in [-0.25, -0.2) is 4.79 Å². The number of hydrogen-bond donors (Lipinski definition) is 0. The second kappa shape index (κ2) is 4.20. The molecule has 0 aromatic heterocycles. The number of hydrogen-bond acceptors (Lipinski definition) is 4. The minimum Gasteiger partial charge on any atom is -0.452 e. The summed E-state index contributed by atoms with van der Waals surface area (Å²) in [6, 6.07) is 5.87. The highest BCUT2D eigenvalue weighted by Gasteiger charge is 2.05. The smallest absolute Gasteiger partial charge is 0.417 e. The van der Waals surface area contributed by atoms with Crippen molar-refractivity contribution >= 4 is 12.2 Å². The van der Waals surface area contributed by atoms with Crippen LogP contribution in [0.5, 0.6) is 0 Å². The summed E-state index contributed by atoms with van der Waals surface area (Å²) in [7, 11) is 0. The summed E-state index contributed by atoms with van der Waals surface area (Å²) < 4.78 is 4.33. The minimum atomic E-state index is -0.506. The molecule has 13 heavy (non-hydrogen) atoms. The molecule has 0 atom stereocenters. The van der Waals surface area contributed by atoms with E-state index in [0.717, 1.165) is 0 Å². The lowest BCUT2D eigenvalue weighted by molar-refractivity contribution is -0.384. The van der Waals surface area contributed by atoms with Crippen molar-refractivity contribution in [3.05, 3.63) is 39.9 Å². The van der Waals surface area contributed by atoms with E-state index in [1.165, 1.54) is 24.7 Å². The van der Waals surface area contributed by atoms with Crippen LogP contribution in [0.15, 0.2) is 24.3 Å². The van der Waals surface area contributed by atoms with Crippen LogP contribution in [0.4, 0.5) is 5.69 Å². The van der Waals surface area contributed by atoms with Gasteiger partial charge < -0.3 is 4.74 Å². The van der Waals surface area contributed by atoms with Crippen LogP contribution in [0, 0.1) is 10.1 Å². The van der Waals surface area contributed by atoms with Gasteiger partial charge in [0.15, 0.2) is 0 Å². The van der Waals surface area contributed by atoms with Crippen LogP contribution >= 0.6 is 0 Å². The Kier molecular flexibility index (Phi) is 2.97. The van der Waals surface area contributed by atoms with E-state index in [0.29, 0.717) is 5.56 Å². The zero-order valence-corrected chi connectivity index (χ0v) is 6.60. The fourth-order valence-corrected chi connectivity index (χ4v) is 0.873. The lowest BCUT2D eigenvalue weighted by Crippen LogP contribution is -1.92. The van der Waals surface area contributed by atoms with Crippen molar-refractivity contribution in [3.8, 4) is 0 Å². The fraction of sp³-hybridized carbons (Fsp3) is 0.125. The first-order valence-electron chi connectivity index (χ1n) is 3.46. The van der Waals surface area contributed by atoms with Crippen LogP contribution in [0.2, 0.25) is 0 Å². The Labute approximate surface area is 74.1 Å². The van der Waals surface area contributed by atoms with Crippen molar-refractivity contribution in [1.29, 1.82) is 0 Å². The lowest BCUT2D eigenvalue weighted by Gasteiger charge is -1.97. The van der Waals surface area contributed by atoms with Gasteiger partial charge in [-0.15, -0.1) is 0 Å². The number of carbonyl (C=O) groups excluding carboxylic acids is 1. The lowest BCUT2D eigenvalue weighted by atomic mass is 10.2. The predicted octanol–water partition coefficient (Wildman–Crippen LogP) is 1.18. The standard InChI is InChI=1S/C8H6NO4/c10-6-13-5-7-2-1-3-8(4-7)9(11)12/h1-4H,5H2. The molecule has 0 saturated heterocycles. The Bertz CT molecular complexity index is 324. The number of benzene rings is 1. The Morgan fingerprint density at radius 3 is 2.92 bits per heavy atom. The average molecular weight is 180 g/mol. The molecule has 0 saturated carbocycles. The average Bonchev–Trinajstić information content (AvgIpc) is 2.15. The number of nitro groups is 1. The van der Waals surface area contributed by atoms with Crippen LogP contribution in [0.1, 0.15) is 5.56 Å². The van der Waals surface area contributed by atoms with Crippen LogP contribution < -0.4 is 0 Å². The molecule has 5 nitrogen and oxygen atoms in total. The number of nitro benzene ring substituents is 1. The van der Waals surface area contributed by atoms with E-state index in [-0.39, 0.29) is 12.3 Å². The summed E-state index contributed by atoms with van der Waals surface area (Å²) in [4.78, 5) is 19.5. The third kappa shape index (κ3) is 2.55. The zero-order chi connectivity index (χ0) is 9.68. The van der Waals surface area contributed by atoms with Crippen LogP contribution in [-0.2, 0) is 16.1 Å². The quantitative estimate of drug-likeness (QED) is 0.515. The van der Waals surface area contributed by atoms with Gasteiger partial charge in [0.2, 0.25) is 0 Å². The molecule has 0 N–H and O–H groups in total. The summed E-state index contributed by atoms with van der Waals surface area (Å²) >= 11 is 0. The highest BCUT2D eigenvalue weighted by molar-refractivity contribution is 5.39. The van der Waals surface area contributed by atoms with Crippen LogP contribution in [0.3, 0.4) is 0 Å².